The number of fused-ring (bicyclic) bond motifs is 1. The van der Waals surface area contributed by atoms with Crippen LogP contribution in [0.15, 0.2) is 59.1 Å². The average Bonchev–Trinajstić information content (AvgIpc) is 3.18. The molecular weight excluding hydrogens is 341 g/mol. The van der Waals surface area contributed by atoms with E-state index in [0.717, 1.165) is 16.5 Å². The van der Waals surface area contributed by atoms with Gasteiger partial charge in [0.1, 0.15) is 5.82 Å². The lowest BCUT2D eigenvalue weighted by Gasteiger charge is -2.04. The molecule has 120 valence electrons. The van der Waals surface area contributed by atoms with Gasteiger partial charge in [0.2, 0.25) is 0 Å². The topological polar surface area (TPSA) is 30.7 Å². The van der Waals surface area contributed by atoms with Crippen LogP contribution in [-0.2, 0) is 12.8 Å². The molecule has 0 atom stereocenters. The lowest BCUT2D eigenvalue weighted by molar-refractivity contribution is 0.617. The van der Waals surface area contributed by atoms with Gasteiger partial charge >= 0.3 is 0 Å². The Bertz CT molecular complexity index is 1010. The summed E-state index contributed by atoms with van der Waals surface area (Å²) in [5.74, 6) is 1.18. The molecule has 0 fully saturated rings. The first kappa shape index (κ1) is 15.4. The van der Waals surface area contributed by atoms with Gasteiger partial charge in [-0.2, -0.15) is 0 Å². The van der Waals surface area contributed by atoms with Crippen molar-refractivity contribution in [1.29, 1.82) is 0 Å². The minimum absolute atomic E-state index is 0.184. The van der Waals surface area contributed by atoms with Crippen molar-refractivity contribution in [2.24, 2.45) is 7.05 Å². The largest absolute Gasteiger partial charge is 0.305 e. The summed E-state index contributed by atoms with van der Waals surface area (Å²) in [5.41, 5.74) is 1.76. The van der Waals surface area contributed by atoms with Crippen molar-refractivity contribution in [3.8, 4) is 11.4 Å². The van der Waals surface area contributed by atoms with E-state index in [1.54, 1.807) is 23.5 Å². The third-order valence-electron chi connectivity index (χ3n) is 3.87. The minimum atomic E-state index is -0.184. The summed E-state index contributed by atoms with van der Waals surface area (Å²) >= 11 is 3.19. The highest BCUT2D eigenvalue weighted by Crippen LogP contribution is 2.34. The standard InChI is InChI=1S/C18H14FN3S2/c1-22-17(14-11-23-16-9-5-3-7-13(14)16)20-21-18(22)24-10-12-6-2-4-8-15(12)19/h2-9,11H,10H2,1H3. The predicted octanol–water partition coefficient (Wildman–Crippen LogP) is 5.13. The van der Waals surface area contributed by atoms with E-state index in [9.17, 15) is 4.39 Å². The van der Waals surface area contributed by atoms with Crippen molar-refractivity contribution in [2.45, 2.75) is 10.9 Å². The molecule has 4 aromatic rings. The van der Waals surface area contributed by atoms with Crippen LogP contribution in [-0.4, -0.2) is 14.8 Å². The molecule has 0 aliphatic heterocycles. The summed E-state index contributed by atoms with van der Waals surface area (Å²) in [6.45, 7) is 0. The molecule has 0 saturated carbocycles. The highest BCUT2D eigenvalue weighted by atomic mass is 32.2. The Morgan fingerprint density at radius 3 is 2.75 bits per heavy atom. The summed E-state index contributed by atoms with van der Waals surface area (Å²) in [5, 5.41) is 12.7. The van der Waals surface area contributed by atoms with Gasteiger partial charge in [-0.15, -0.1) is 21.5 Å². The van der Waals surface area contributed by atoms with E-state index in [1.165, 1.54) is 27.9 Å². The minimum Gasteiger partial charge on any atom is -0.305 e. The van der Waals surface area contributed by atoms with Crippen LogP contribution >= 0.6 is 23.1 Å². The molecule has 3 nitrogen and oxygen atoms in total. The Labute approximate surface area is 147 Å². The van der Waals surface area contributed by atoms with Crippen molar-refractivity contribution in [3.05, 3.63) is 65.3 Å². The van der Waals surface area contributed by atoms with E-state index in [-0.39, 0.29) is 5.82 Å². The molecule has 0 radical (unpaired) electrons. The van der Waals surface area contributed by atoms with Crippen molar-refractivity contribution in [1.82, 2.24) is 14.8 Å². The molecule has 6 heteroatoms. The Balaban J connectivity index is 1.63. The van der Waals surface area contributed by atoms with Crippen LogP contribution in [0, 0.1) is 5.82 Å². The van der Waals surface area contributed by atoms with Gasteiger partial charge in [0.25, 0.3) is 0 Å². The van der Waals surface area contributed by atoms with Gasteiger partial charge in [0, 0.05) is 33.8 Å². The molecule has 4 rings (SSSR count). The lowest BCUT2D eigenvalue weighted by atomic mass is 10.2. The van der Waals surface area contributed by atoms with Crippen LogP contribution in [0.2, 0.25) is 0 Å². The van der Waals surface area contributed by atoms with Crippen molar-refractivity contribution in [3.63, 3.8) is 0 Å². The third-order valence-corrected chi connectivity index (χ3v) is 5.90. The molecule has 0 spiro atoms. The van der Waals surface area contributed by atoms with Crippen molar-refractivity contribution >= 4 is 33.2 Å². The summed E-state index contributed by atoms with van der Waals surface area (Å²) in [4.78, 5) is 0. The first-order valence-electron chi connectivity index (χ1n) is 7.46. The fourth-order valence-corrected chi connectivity index (χ4v) is 4.42. The molecule has 2 heterocycles. The first-order chi connectivity index (χ1) is 11.7. The van der Waals surface area contributed by atoms with Gasteiger partial charge in [-0.25, -0.2) is 4.39 Å². The molecule has 0 amide bonds. The van der Waals surface area contributed by atoms with E-state index >= 15 is 0 Å². The fraction of sp³-hybridized carbons (Fsp3) is 0.111. The molecule has 2 aromatic heterocycles. The Morgan fingerprint density at radius 2 is 1.88 bits per heavy atom. The zero-order chi connectivity index (χ0) is 16.5. The second-order valence-corrected chi connectivity index (χ2v) is 7.24. The maximum absolute atomic E-state index is 13.7. The van der Waals surface area contributed by atoms with Crippen LogP contribution in [0.3, 0.4) is 0 Å². The Kier molecular flexibility index (Phi) is 4.08. The maximum atomic E-state index is 13.7. The normalized spacial score (nSPS) is 11.2. The molecular formula is C18H14FN3S2. The number of rotatable bonds is 4. The smallest absolute Gasteiger partial charge is 0.191 e. The van der Waals surface area contributed by atoms with Crippen LogP contribution in [0.1, 0.15) is 5.56 Å². The first-order valence-corrected chi connectivity index (χ1v) is 9.33. The number of thiophene rings is 1. The van der Waals surface area contributed by atoms with Gasteiger partial charge in [-0.05, 0) is 17.7 Å². The average molecular weight is 355 g/mol. The summed E-state index contributed by atoms with van der Waals surface area (Å²) in [7, 11) is 1.95. The van der Waals surface area contributed by atoms with E-state index < -0.39 is 0 Å². The van der Waals surface area contributed by atoms with Crippen LogP contribution in [0.5, 0.6) is 0 Å². The molecule has 24 heavy (non-hydrogen) atoms. The number of halogens is 1. The third kappa shape index (κ3) is 2.72. The van der Waals surface area contributed by atoms with Crippen molar-refractivity contribution in [2.75, 3.05) is 0 Å². The quantitative estimate of drug-likeness (QED) is 0.476. The molecule has 0 saturated heterocycles. The van der Waals surface area contributed by atoms with Crippen LogP contribution < -0.4 is 0 Å². The number of benzene rings is 2. The molecule has 0 aliphatic carbocycles. The van der Waals surface area contributed by atoms with E-state index in [1.807, 2.05) is 29.8 Å². The van der Waals surface area contributed by atoms with E-state index in [2.05, 4.69) is 27.7 Å². The second-order valence-electron chi connectivity index (χ2n) is 5.39. The Morgan fingerprint density at radius 1 is 1.08 bits per heavy atom. The molecule has 2 aromatic carbocycles. The highest BCUT2D eigenvalue weighted by molar-refractivity contribution is 7.98. The molecule has 0 unspecified atom stereocenters. The predicted molar refractivity (Wildman–Crippen MR) is 97.8 cm³/mol. The number of hydrogen-bond acceptors (Lipinski definition) is 4. The second kappa shape index (κ2) is 6.37. The highest BCUT2D eigenvalue weighted by Gasteiger charge is 2.15. The van der Waals surface area contributed by atoms with Gasteiger partial charge in [-0.3, -0.25) is 0 Å². The molecule has 0 aliphatic rings. The van der Waals surface area contributed by atoms with Crippen LogP contribution in [0.25, 0.3) is 21.5 Å². The van der Waals surface area contributed by atoms with Gasteiger partial charge < -0.3 is 4.57 Å². The zero-order valence-corrected chi connectivity index (χ0v) is 14.6. The summed E-state index contributed by atoms with van der Waals surface area (Å²) in [6.07, 6.45) is 0. The van der Waals surface area contributed by atoms with Gasteiger partial charge in [-0.1, -0.05) is 48.2 Å². The van der Waals surface area contributed by atoms with E-state index in [4.69, 9.17) is 0 Å². The SMILES string of the molecule is Cn1c(SCc2ccccc2F)nnc1-c1csc2ccccc12. The summed E-state index contributed by atoms with van der Waals surface area (Å²) < 4.78 is 16.9. The monoisotopic (exact) mass is 355 g/mol. The van der Waals surface area contributed by atoms with Crippen LogP contribution in [0.4, 0.5) is 4.39 Å². The number of nitrogens with zero attached hydrogens (tertiary/aromatic N) is 3. The number of thioether (sulfide) groups is 1. The lowest BCUT2D eigenvalue weighted by Crippen LogP contribution is -1.95. The fourth-order valence-electron chi connectivity index (χ4n) is 2.58. The summed E-state index contributed by atoms with van der Waals surface area (Å²) in [6, 6.07) is 15.1. The van der Waals surface area contributed by atoms with Gasteiger partial charge in [0.15, 0.2) is 11.0 Å². The number of aromatic nitrogens is 3. The van der Waals surface area contributed by atoms with Crippen molar-refractivity contribution < 1.29 is 4.39 Å². The molecule has 0 bridgehead atoms. The van der Waals surface area contributed by atoms with E-state index in [0.29, 0.717) is 11.3 Å². The van der Waals surface area contributed by atoms with Gasteiger partial charge in [0.05, 0.1) is 0 Å². The molecule has 0 N–H and O–H groups in total. The Hall–Kier alpha value is -2.18. The number of hydrogen-bond donors (Lipinski definition) is 0. The maximum Gasteiger partial charge on any atom is 0.191 e. The zero-order valence-electron chi connectivity index (χ0n) is 12.9.